The van der Waals surface area contributed by atoms with Crippen LogP contribution in [0.4, 0.5) is 5.69 Å². The molecule has 8 heteroatoms. The van der Waals surface area contributed by atoms with E-state index in [9.17, 15) is 4.79 Å². The Morgan fingerprint density at radius 2 is 2.07 bits per heavy atom. The molecule has 4 rings (SSSR count). The standard InChI is InChI=1S/C21H28N6O.ClH/c1-21(2,3)20-24-17-12-14(7-8-18(17)26(20)4)23-19(28)16-9-11-27(25-16)15-6-5-10-22-13-15;/h7-9,11-12,15,22H,5-6,10,13H2,1-4H3,(H,23,28);1H. The highest BCUT2D eigenvalue weighted by molar-refractivity contribution is 6.03. The highest BCUT2D eigenvalue weighted by atomic mass is 35.5. The molecule has 1 unspecified atom stereocenters. The van der Waals surface area contributed by atoms with Gasteiger partial charge in [-0.15, -0.1) is 12.4 Å². The molecule has 0 saturated carbocycles. The average Bonchev–Trinajstić information content (AvgIpc) is 3.27. The minimum absolute atomic E-state index is 0. The molecule has 3 aromatic rings. The van der Waals surface area contributed by atoms with Gasteiger partial charge in [-0.1, -0.05) is 20.8 Å². The van der Waals surface area contributed by atoms with E-state index in [0.29, 0.717) is 11.7 Å². The number of carbonyl (C=O) groups is 1. The molecule has 1 atom stereocenters. The zero-order chi connectivity index (χ0) is 19.9. The molecule has 3 heterocycles. The molecule has 1 saturated heterocycles. The van der Waals surface area contributed by atoms with Gasteiger partial charge in [0.15, 0.2) is 5.69 Å². The molecule has 0 radical (unpaired) electrons. The number of piperidine rings is 1. The Morgan fingerprint density at radius 3 is 2.76 bits per heavy atom. The van der Waals surface area contributed by atoms with Gasteiger partial charge in [-0.3, -0.25) is 9.48 Å². The first kappa shape index (κ1) is 21.3. The first-order valence-corrected chi connectivity index (χ1v) is 9.87. The van der Waals surface area contributed by atoms with Gasteiger partial charge in [0.2, 0.25) is 0 Å². The minimum atomic E-state index is -0.200. The molecule has 0 aliphatic carbocycles. The van der Waals surface area contributed by atoms with Crippen LogP contribution in [0.2, 0.25) is 0 Å². The molecule has 156 valence electrons. The van der Waals surface area contributed by atoms with Gasteiger partial charge in [0.05, 0.1) is 17.1 Å². The van der Waals surface area contributed by atoms with Crippen LogP contribution in [-0.2, 0) is 12.5 Å². The molecule has 1 aromatic carbocycles. The van der Waals surface area contributed by atoms with E-state index < -0.39 is 0 Å². The number of nitrogens with zero attached hydrogens (tertiary/aromatic N) is 4. The van der Waals surface area contributed by atoms with Gasteiger partial charge in [0.1, 0.15) is 5.82 Å². The Kier molecular flexibility index (Phi) is 6.00. The summed E-state index contributed by atoms with van der Waals surface area (Å²) in [7, 11) is 2.03. The summed E-state index contributed by atoms with van der Waals surface area (Å²) in [6, 6.07) is 7.93. The van der Waals surface area contributed by atoms with E-state index in [1.165, 1.54) is 0 Å². The van der Waals surface area contributed by atoms with Crippen molar-refractivity contribution < 1.29 is 4.79 Å². The van der Waals surface area contributed by atoms with Crippen LogP contribution < -0.4 is 10.6 Å². The van der Waals surface area contributed by atoms with E-state index in [4.69, 9.17) is 4.98 Å². The Balaban J connectivity index is 0.00000240. The highest BCUT2D eigenvalue weighted by Gasteiger charge is 2.22. The second-order valence-corrected chi connectivity index (χ2v) is 8.58. The second kappa shape index (κ2) is 8.16. The van der Waals surface area contributed by atoms with Crippen LogP contribution in [0.25, 0.3) is 11.0 Å². The lowest BCUT2D eigenvalue weighted by atomic mass is 9.96. The predicted octanol–water partition coefficient (Wildman–Crippen LogP) is 3.67. The average molecular weight is 417 g/mol. The van der Waals surface area contributed by atoms with Gasteiger partial charge in [-0.05, 0) is 43.7 Å². The van der Waals surface area contributed by atoms with E-state index >= 15 is 0 Å². The third-order valence-corrected chi connectivity index (χ3v) is 5.30. The van der Waals surface area contributed by atoms with E-state index in [1.807, 2.05) is 36.1 Å². The van der Waals surface area contributed by atoms with Crippen molar-refractivity contribution in [1.29, 1.82) is 0 Å². The van der Waals surface area contributed by atoms with Gasteiger partial charge in [0, 0.05) is 30.9 Å². The molecule has 2 N–H and O–H groups in total. The second-order valence-electron chi connectivity index (χ2n) is 8.58. The number of fused-ring (bicyclic) bond motifs is 1. The molecule has 1 aliphatic heterocycles. The molecule has 0 bridgehead atoms. The monoisotopic (exact) mass is 416 g/mol. The van der Waals surface area contributed by atoms with Crippen LogP contribution >= 0.6 is 12.4 Å². The van der Waals surface area contributed by atoms with E-state index in [0.717, 1.165) is 48.5 Å². The number of hydrogen-bond donors (Lipinski definition) is 2. The number of rotatable bonds is 3. The van der Waals surface area contributed by atoms with Gasteiger partial charge in [-0.25, -0.2) is 4.98 Å². The lowest BCUT2D eigenvalue weighted by molar-refractivity contribution is 0.102. The van der Waals surface area contributed by atoms with Crippen LogP contribution in [0.15, 0.2) is 30.5 Å². The van der Waals surface area contributed by atoms with Crippen molar-refractivity contribution in [2.24, 2.45) is 7.05 Å². The Hall–Kier alpha value is -2.38. The van der Waals surface area contributed by atoms with Crippen molar-refractivity contribution in [3.05, 3.63) is 42.0 Å². The fraction of sp³-hybridized carbons (Fsp3) is 0.476. The maximum atomic E-state index is 12.6. The number of amides is 1. The fourth-order valence-corrected chi connectivity index (χ4v) is 3.87. The molecule has 2 aromatic heterocycles. The SMILES string of the molecule is Cl.Cn1c(C(C)(C)C)nc2cc(NC(=O)c3ccn(C4CCCNC4)n3)ccc21. The Morgan fingerprint density at radius 1 is 1.28 bits per heavy atom. The third-order valence-electron chi connectivity index (χ3n) is 5.30. The zero-order valence-electron chi connectivity index (χ0n) is 17.4. The molecule has 1 amide bonds. The fourth-order valence-electron chi connectivity index (χ4n) is 3.87. The van der Waals surface area contributed by atoms with Crippen molar-refractivity contribution >= 4 is 35.0 Å². The summed E-state index contributed by atoms with van der Waals surface area (Å²) >= 11 is 0. The number of carbonyl (C=O) groups excluding carboxylic acids is 1. The van der Waals surface area contributed by atoms with Crippen molar-refractivity contribution in [3.8, 4) is 0 Å². The van der Waals surface area contributed by atoms with Gasteiger partial charge in [0.25, 0.3) is 5.91 Å². The quantitative estimate of drug-likeness (QED) is 0.683. The number of aromatic nitrogens is 4. The molecule has 29 heavy (non-hydrogen) atoms. The maximum absolute atomic E-state index is 12.6. The predicted molar refractivity (Wildman–Crippen MR) is 118 cm³/mol. The summed E-state index contributed by atoms with van der Waals surface area (Å²) in [5.74, 6) is 0.819. The number of nitrogens with one attached hydrogen (secondary N) is 2. The number of aryl methyl sites for hydroxylation is 1. The summed E-state index contributed by atoms with van der Waals surface area (Å²) in [5.41, 5.74) is 3.05. The van der Waals surface area contributed by atoms with Gasteiger partial charge in [-0.2, -0.15) is 5.10 Å². The Bertz CT molecular complexity index is 1010. The number of benzene rings is 1. The number of anilines is 1. The van der Waals surface area contributed by atoms with Gasteiger partial charge < -0.3 is 15.2 Å². The highest BCUT2D eigenvalue weighted by Crippen LogP contribution is 2.27. The maximum Gasteiger partial charge on any atom is 0.276 e. The van der Waals surface area contributed by atoms with E-state index in [-0.39, 0.29) is 23.7 Å². The number of imidazole rings is 1. The summed E-state index contributed by atoms with van der Waals surface area (Å²) in [5, 5.41) is 10.8. The molecule has 1 aliphatic rings. The van der Waals surface area contributed by atoms with E-state index in [1.54, 1.807) is 6.07 Å². The van der Waals surface area contributed by atoms with Crippen LogP contribution in [-0.4, -0.2) is 38.3 Å². The minimum Gasteiger partial charge on any atom is -0.331 e. The molecule has 0 spiro atoms. The molecular weight excluding hydrogens is 388 g/mol. The third kappa shape index (κ3) is 4.31. The lowest BCUT2D eigenvalue weighted by Crippen LogP contribution is -2.32. The van der Waals surface area contributed by atoms with Crippen molar-refractivity contribution in [2.75, 3.05) is 18.4 Å². The van der Waals surface area contributed by atoms with Gasteiger partial charge >= 0.3 is 0 Å². The number of hydrogen-bond acceptors (Lipinski definition) is 4. The van der Waals surface area contributed by atoms with Crippen LogP contribution in [0, 0.1) is 0 Å². The van der Waals surface area contributed by atoms with Crippen LogP contribution in [0.3, 0.4) is 0 Å². The normalized spacial score (nSPS) is 17.2. The van der Waals surface area contributed by atoms with Crippen molar-refractivity contribution in [2.45, 2.75) is 45.1 Å². The largest absolute Gasteiger partial charge is 0.331 e. The number of halogens is 1. The summed E-state index contributed by atoms with van der Waals surface area (Å²) < 4.78 is 4.01. The molecule has 7 nitrogen and oxygen atoms in total. The van der Waals surface area contributed by atoms with Crippen LogP contribution in [0.1, 0.15) is 56.0 Å². The Labute approximate surface area is 177 Å². The zero-order valence-corrected chi connectivity index (χ0v) is 18.2. The van der Waals surface area contributed by atoms with Crippen molar-refractivity contribution in [1.82, 2.24) is 24.6 Å². The molecular formula is C21H29ClN6O. The molecule has 1 fully saturated rings. The van der Waals surface area contributed by atoms with E-state index in [2.05, 4.69) is 41.1 Å². The first-order valence-electron chi connectivity index (χ1n) is 9.87. The summed E-state index contributed by atoms with van der Waals surface area (Å²) in [4.78, 5) is 17.4. The topological polar surface area (TPSA) is 76.8 Å². The summed E-state index contributed by atoms with van der Waals surface area (Å²) in [6.07, 6.45) is 4.11. The first-order chi connectivity index (χ1) is 13.3. The van der Waals surface area contributed by atoms with Crippen LogP contribution in [0.5, 0.6) is 0 Å². The smallest absolute Gasteiger partial charge is 0.276 e. The van der Waals surface area contributed by atoms with Crippen molar-refractivity contribution in [3.63, 3.8) is 0 Å². The summed E-state index contributed by atoms with van der Waals surface area (Å²) in [6.45, 7) is 8.40. The lowest BCUT2D eigenvalue weighted by Gasteiger charge is -2.22.